The number of allylic oxidation sites excluding steroid dienone is 2. The van der Waals surface area contributed by atoms with E-state index >= 15 is 0 Å². The summed E-state index contributed by atoms with van der Waals surface area (Å²) < 4.78 is 22.9. The molecule has 0 spiro atoms. The predicted octanol–water partition coefficient (Wildman–Crippen LogP) is 3.55. The zero-order chi connectivity index (χ0) is 21.7. The van der Waals surface area contributed by atoms with Crippen LogP contribution in [-0.2, 0) is 19.1 Å². The van der Waals surface area contributed by atoms with Gasteiger partial charge in [0.05, 0.1) is 25.5 Å². The molecule has 0 fully saturated rings. The Morgan fingerprint density at radius 3 is 2.20 bits per heavy atom. The number of ether oxygens (including phenoxy) is 2. The van der Waals surface area contributed by atoms with Gasteiger partial charge in [-0.15, -0.1) is 0 Å². The van der Waals surface area contributed by atoms with Gasteiger partial charge < -0.3 is 14.4 Å². The fraction of sp³-hybridized carbons (Fsp3) is 0.0870. The van der Waals surface area contributed by atoms with Crippen molar-refractivity contribution >= 4 is 23.4 Å². The first-order valence-corrected chi connectivity index (χ1v) is 8.92. The molecule has 1 heterocycles. The number of benzene rings is 2. The van der Waals surface area contributed by atoms with Crippen LogP contribution in [0.5, 0.6) is 0 Å². The van der Waals surface area contributed by atoms with Gasteiger partial charge in [-0.25, -0.2) is 14.0 Å². The molecule has 6 nitrogen and oxygen atoms in total. The third-order valence-corrected chi connectivity index (χ3v) is 4.40. The summed E-state index contributed by atoms with van der Waals surface area (Å²) in [7, 11) is 2.39. The van der Waals surface area contributed by atoms with Gasteiger partial charge in [-0.1, -0.05) is 18.2 Å². The van der Waals surface area contributed by atoms with Crippen molar-refractivity contribution in [1.29, 1.82) is 0 Å². The number of hydrogen-bond acceptors (Lipinski definition) is 6. The number of methoxy groups -OCH3 is 2. The Labute approximate surface area is 172 Å². The van der Waals surface area contributed by atoms with Crippen molar-refractivity contribution in [3.05, 3.63) is 101 Å². The number of carbonyl (C=O) groups excluding carboxylic acids is 3. The monoisotopic (exact) mass is 407 g/mol. The maximum atomic E-state index is 13.3. The van der Waals surface area contributed by atoms with Crippen LogP contribution in [-0.4, -0.2) is 31.9 Å². The van der Waals surface area contributed by atoms with E-state index in [0.29, 0.717) is 5.69 Å². The molecule has 30 heavy (non-hydrogen) atoms. The Hall–Kier alpha value is -4.00. The normalized spacial score (nSPS) is 13.1. The summed E-state index contributed by atoms with van der Waals surface area (Å²) >= 11 is 0. The van der Waals surface area contributed by atoms with E-state index < -0.39 is 17.8 Å². The van der Waals surface area contributed by atoms with Crippen molar-refractivity contribution in [1.82, 2.24) is 0 Å². The number of esters is 2. The van der Waals surface area contributed by atoms with E-state index in [1.165, 1.54) is 55.7 Å². The summed E-state index contributed by atoms with van der Waals surface area (Å²) in [6.07, 6.45) is 6.14. The topological polar surface area (TPSA) is 72.9 Å². The minimum absolute atomic E-state index is 0.0293. The van der Waals surface area contributed by atoms with Crippen LogP contribution < -0.4 is 4.90 Å². The molecule has 0 aliphatic carbocycles. The molecule has 7 heteroatoms. The van der Waals surface area contributed by atoms with Gasteiger partial charge in [0.2, 0.25) is 0 Å². The smallest absolute Gasteiger partial charge is 0.355 e. The molecule has 1 aliphatic heterocycles. The average molecular weight is 407 g/mol. The SMILES string of the molecule is COC(=O)C1=C(C(=O)OC)N(c2ccccc2C(=O)c2ccc(F)cc2)C=CC=C1. The molecular weight excluding hydrogens is 389 g/mol. The molecule has 0 saturated carbocycles. The Kier molecular flexibility index (Phi) is 6.22. The first-order chi connectivity index (χ1) is 14.5. The molecule has 0 unspecified atom stereocenters. The van der Waals surface area contributed by atoms with Crippen molar-refractivity contribution in [2.24, 2.45) is 0 Å². The van der Waals surface area contributed by atoms with Gasteiger partial charge in [-0.2, -0.15) is 0 Å². The van der Waals surface area contributed by atoms with E-state index in [1.54, 1.807) is 36.4 Å². The third kappa shape index (κ3) is 4.05. The van der Waals surface area contributed by atoms with Crippen LogP contribution in [0.3, 0.4) is 0 Å². The summed E-state index contributed by atoms with van der Waals surface area (Å²) in [6, 6.07) is 11.7. The van der Waals surface area contributed by atoms with Gasteiger partial charge in [-0.3, -0.25) is 4.79 Å². The zero-order valence-electron chi connectivity index (χ0n) is 16.3. The minimum atomic E-state index is -0.782. The molecule has 2 aromatic carbocycles. The number of rotatable bonds is 5. The summed E-state index contributed by atoms with van der Waals surface area (Å²) in [5, 5.41) is 0. The summed E-state index contributed by atoms with van der Waals surface area (Å²) in [6.45, 7) is 0. The molecule has 0 N–H and O–H groups in total. The van der Waals surface area contributed by atoms with Crippen LogP contribution in [0.2, 0.25) is 0 Å². The second-order valence-corrected chi connectivity index (χ2v) is 6.17. The van der Waals surface area contributed by atoms with Gasteiger partial charge in [0.1, 0.15) is 11.5 Å². The van der Waals surface area contributed by atoms with Crippen LogP contribution >= 0.6 is 0 Å². The lowest BCUT2D eigenvalue weighted by molar-refractivity contribution is -0.139. The van der Waals surface area contributed by atoms with E-state index in [0.717, 1.165) is 0 Å². The first-order valence-electron chi connectivity index (χ1n) is 8.92. The van der Waals surface area contributed by atoms with Gasteiger partial charge in [0, 0.05) is 17.3 Å². The van der Waals surface area contributed by atoms with Gasteiger partial charge in [0.15, 0.2) is 5.78 Å². The standard InChI is InChI=1S/C23H18FNO5/c1-29-22(27)18-8-5-6-14-25(20(18)23(28)30-2)19-9-4-3-7-17(19)21(26)15-10-12-16(24)13-11-15/h3-14H,1-2H3. The van der Waals surface area contributed by atoms with Crippen molar-refractivity contribution in [2.75, 3.05) is 19.1 Å². The molecule has 0 amide bonds. The molecule has 2 aromatic rings. The number of para-hydroxylation sites is 1. The van der Waals surface area contributed by atoms with Crippen molar-refractivity contribution in [3.8, 4) is 0 Å². The summed E-state index contributed by atoms with van der Waals surface area (Å²) in [5.74, 6) is -2.35. The molecule has 0 atom stereocenters. The highest BCUT2D eigenvalue weighted by Crippen LogP contribution is 2.30. The number of halogens is 1. The fourth-order valence-electron chi connectivity index (χ4n) is 2.98. The predicted molar refractivity (Wildman–Crippen MR) is 108 cm³/mol. The molecule has 152 valence electrons. The lowest BCUT2D eigenvalue weighted by atomic mass is 10.0. The zero-order valence-corrected chi connectivity index (χ0v) is 16.3. The molecule has 3 rings (SSSR count). The van der Waals surface area contributed by atoms with E-state index in [9.17, 15) is 18.8 Å². The number of ketones is 1. The molecular formula is C23H18FNO5. The largest absolute Gasteiger partial charge is 0.465 e. The van der Waals surface area contributed by atoms with E-state index in [1.807, 2.05) is 0 Å². The lowest BCUT2D eigenvalue weighted by Gasteiger charge is -2.25. The van der Waals surface area contributed by atoms with Gasteiger partial charge in [0.25, 0.3) is 0 Å². The molecule has 0 radical (unpaired) electrons. The van der Waals surface area contributed by atoms with Crippen LogP contribution in [0.25, 0.3) is 0 Å². The highest BCUT2D eigenvalue weighted by molar-refractivity contribution is 6.14. The fourth-order valence-corrected chi connectivity index (χ4v) is 2.98. The molecule has 0 bridgehead atoms. The van der Waals surface area contributed by atoms with Crippen LogP contribution in [0.4, 0.5) is 10.1 Å². The molecule has 1 aliphatic rings. The van der Waals surface area contributed by atoms with Crippen molar-refractivity contribution in [2.45, 2.75) is 0 Å². The number of anilines is 1. The summed E-state index contributed by atoms with van der Waals surface area (Å²) in [5.41, 5.74) is 0.736. The minimum Gasteiger partial charge on any atom is -0.465 e. The first kappa shape index (κ1) is 20.7. The van der Waals surface area contributed by atoms with Crippen LogP contribution in [0.15, 0.2) is 84.2 Å². The highest BCUT2D eigenvalue weighted by atomic mass is 19.1. The molecule has 0 saturated heterocycles. The highest BCUT2D eigenvalue weighted by Gasteiger charge is 2.29. The maximum Gasteiger partial charge on any atom is 0.355 e. The summed E-state index contributed by atoms with van der Waals surface area (Å²) in [4.78, 5) is 39.4. The Morgan fingerprint density at radius 1 is 0.867 bits per heavy atom. The third-order valence-electron chi connectivity index (χ3n) is 4.40. The quantitative estimate of drug-likeness (QED) is 0.558. The number of hydrogen-bond donors (Lipinski definition) is 0. The van der Waals surface area contributed by atoms with Crippen molar-refractivity contribution in [3.63, 3.8) is 0 Å². The van der Waals surface area contributed by atoms with Crippen LogP contribution in [0, 0.1) is 5.82 Å². The average Bonchev–Trinajstić information content (AvgIpc) is 3.01. The Bertz CT molecular complexity index is 1080. The Balaban J connectivity index is 2.18. The molecule has 0 aromatic heterocycles. The van der Waals surface area contributed by atoms with Gasteiger partial charge in [-0.05, 0) is 48.6 Å². The van der Waals surface area contributed by atoms with E-state index in [2.05, 4.69) is 0 Å². The van der Waals surface area contributed by atoms with Crippen LogP contribution in [0.1, 0.15) is 15.9 Å². The van der Waals surface area contributed by atoms with Crippen molar-refractivity contribution < 1.29 is 28.2 Å². The van der Waals surface area contributed by atoms with E-state index in [4.69, 9.17) is 9.47 Å². The van der Waals surface area contributed by atoms with E-state index in [-0.39, 0.29) is 28.2 Å². The lowest BCUT2D eigenvalue weighted by Crippen LogP contribution is -2.28. The van der Waals surface area contributed by atoms with Gasteiger partial charge >= 0.3 is 11.9 Å². The Morgan fingerprint density at radius 2 is 1.53 bits per heavy atom. The number of carbonyl (C=O) groups is 3. The maximum absolute atomic E-state index is 13.3. The number of nitrogens with zero attached hydrogens (tertiary/aromatic N) is 1. The second kappa shape index (κ2) is 9.00. The second-order valence-electron chi connectivity index (χ2n) is 6.17.